The molecule has 152 valence electrons. The highest BCUT2D eigenvalue weighted by atomic mass is 16.5. The summed E-state index contributed by atoms with van der Waals surface area (Å²) in [6, 6.07) is 6.38. The number of amides is 4. The summed E-state index contributed by atoms with van der Waals surface area (Å²) in [7, 11) is 1.59. The molecule has 8 nitrogen and oxygen atoms in total. The van der Waals surface area contributed by atoms with Crippen LogP contribution in [0.1, 0.15) is 39.0 Å². The number of urea groups is 1. The first kappa shape index (κ1) is 20.0. The third-order valence-corrected chi connectivity index (χ3v) is 5.22. The Labute approximate surface area is 164 Å². The summed E-state index contributed by atoms with van der Waals surface area (Å²) < 4.78 is 10.7. The monoisotopic (exact) mass is 389 g/mol. The second kappa shape index (κ2) is 8.50. The van der Waals surface area contributed by atoms with Crippen LogP contribution in [0.4, 0.5) is 4.79 Å². The summed E-state index contributed by atoms with van der Waals surface area (Å²) in [5.74, 6) is 0.727. The van der Waals surface area contributed by atoms with Crippen LogP contribution >= 0.6 is 0 Å². The normalized spacial score (nSPS) is 19.3. The van der Waals surface area contributed by atoms with Crippen molar-refractivity contribution in [2.75, 3.05) is 20.3 Å². The number of methoxy groups -OCH3 is 1. The molecule has 0 aromatic heterocycles. The lowest BCUT2D eigenvalue weighted by Gasteiger charge is -2.30. The quantitative estimate of drug-likeness (QED) is 0.694. The predicted molar refractivity (Wildman–Crippen MR) is 102 cm³/mol. The van der Waals surface area contributed by atoms with Gasteiger partial charge in [0.1, 0.15) is 30.2 Å². The van der Waals surface area contributed by atoms with E-state index in [9.17, 15) is 14.4 Å². The van der Waals surface area contributed by atoms with Gasteiger partial charge in [-0.25, -0.2) is 4.79 Å². The molecule has 2 N–H and O–H groups in total. The van der Waals surface area contributed by atoms with Gasteiger partial charge in [0.15, 0.2) is 0 Å². The van der Waals surface area contributed by atoms with Crippen molar-refractivity contribution in [3.05, 3.63) is 24.3 Å². The summed E-state index contributed by atoms with van der Waals surface area (Å²) in [5, 5.41) is 5.58. The predicted octanol–water partition coefficient (Wildman–Crippen LogP) is 1.83. The molecule has 2 fully saturated rings. The number of hydrogen-bond acceptors (Lipinski definition) is 5. The smallest absolute Gasteiger partial charge is 0.325 e. The first-order valence-electron chi connectivity index (χ1n) is 9.64. The number of imide groups is 1. The summed E-state index contributed by atoms with van der Waals surface area (Å²) in [6.07, 6.45) is 4.16. The molecule has 1 spiro atoms. The first-order chi connectivity index (χ1) is 13.4. The van der Waals surface area contributed by atoms with Crippen molar-refractivity contribution in [2.45, 2.75) is 50.6 Å². The van der Waals surface area contributed by atoms with Crippen LogP contribution in [0.25, 0.3) is 0 Å². The van der Waals surface area contributed by atoms with Gasteiger partial charge in [0.25, 0.3) is 5.91 Å². The molecule has 1 aromatic rings. The van der Waals surface area contributed by atoms with Crippen molar-refractivity contribution in [1.29, 1.82) is 0 Å². The van der Waals surface area contributed by atoms with E-state index >= 15 is 0 Å². The Bertz CT molecular complexity index is 728. The molecule has 0 radical (unpaired) electrons. The molecule has 8 heteroatoms. The standard InChI is InChI=1S/C20H27N3O5/c1-14(13-28-16-8-6-15(27-2)7-9-16)21-17(24)12-23-18(25)20(22-19(23)26)10-4-3-5-11-20/h6-9,14H,3-5,10-13H2,1-2H3,(H,21,24)(H,22,26)/t14-/m1/s1. The third-order valence-electron chi connectivity index (χ3n) is 5.22. The van der Waals surface area contributed by atoms with Gasteiger partial charge in [-0.2, -0.15) is 0 Å². The molecule has 3 rings (SSSR count). The largest absolute Gasteiger partial charge is 0.497 e. The minimum atomic E-state index is -0.807. The molecular weight excluding hydrogens is 362 g/mol. The van der Waals surface area contributed by atoms with E-state index in [-0.39, 0.29) is 31.0 Å². The Hall–Kier alpha value is -2.77. The summed E-state index contributed by atoms with van der Waals surface area (Å²) in [4.78, 5) is 38.3. The zero-order valence-electron chi connectivity index (χ0n) is 16.3. The van der Waals surface area contributed by atoms with E-state index in [0.29, 0.717) is 18.6 Å². The summed E-state index contributed by atoms with van der Waals surface area (Å²) in [5.41, 5.74) is -0.807. The molecule has 1 heterocycles. The van der Waals surface area contributed by atoms with Gasteiger partial charge >= 0.3 is 6.03 Å². The SMILES string of the molecule is COc1ccc(OC[C@@H](C)NC(=O)CN2C(=O)NC3(CCCCC3)C2=O)cc1. The number of nitrogens with zero attached hydrogens (tertiary/aromatic N) is 1. The number of benzene rings is 1. The second-order valence-corrected chi connectivity index (χ2v) is 7.42. The lowest BCUT2D eigenvalue weighted by molar-refractivity contribution is -0.136. The number of nitrogens with one attached hydrogen (secondary N) is 2. The molecular formula is C20H27N3O5. The van der Waals surface area contributed by atoms with Crippen molar-refractivity contribution in [3.8, 4) is 11.5 Å². The van der Waals surface area contributed by atoms with Gasteiger partial charge < -0.3 is 20.1 Å². The van der Waals surface area contributed by atoms with Gasteiger partial charge in [-0.3, -0.25) is 14.5 Å². The van der Waals surface area contributed by atoms with E-state index in [1.165, 1.54) is 0 Å². The van der Waals surface area contributed by atoms with Crippen LogP contribution in [-0.2, 0) is 9.59 Å². The highest BCUT2D eigenvalue weighted by molar-refractivity contribution is 6.09. The van der Waals surface area contributed by atoms with Gasteiger partial charge in [-0.1, -0.05) is 19.3 Å². The van der Waals surface area contributed by atoms with E-state index in [2.05, 4.69) is 10.6 Å². The zero-order valence-corrected chi connectivity index (χ0v) is 16.3. The number of ether oxygens (including phenoxy) is 2. The highest BCUT2D eigenvalue weighted by Gasteiger charge is 2.51. The fraction of sp³-hybridized carbons (Fsp3) is 0.550. The zero-order chi connectivity index (χ0) is 20.1. The average Bonchev–Trinajstić information content (AvgIpc) is 2.91. The Morgan fingerprint density at radius 1 is 1.18 bits per heavy atom. The van der Waals surface area contributed by atoms with Gasteiger partial charge in [0.05, 0.1) is 13.2 Å². The fourth-order valence-electron chi connectivity index (χ4n) is 3.71. The second-order valence-electron chi connectivity index (χ2n) is 7.42. The van der Waals surface area contributed by atoms with Gasteiger partial charge in [0.2, 0.25) is 5.91 Å². The molecule has 1 aliphatic heterocycles. The Morgan fingerprint density at radius 3 is 2.46 bits per heavy atom. The van der Waals surface area contributed by atoms with Crippen molar-refractivity contribution >= 4 is 17.8 Å². The molecule has 2 aliphatic rings. The van der Waals surface area contributed by atoms with E-state index in [1.54, 1.807) is 38.3 Å². The van der Waals surface area contributed by atoms with Crippen LogP contribution in [-0.4, -0.2) is 54.6 Å². The summed E-state index contributed by atoms with van der Waals surface area (Å²) >= 11 is 0. The Kier molecular flexibility index (Phi) is 6.06. The number of rotatable bonds is 7. The minimum absolute atomic E-state index is 0.266. The third kappa shape index (κ3) is 4.37. The summed E-state index contributed by atoms with van der Waals surface area (Å²) in [6.45, 7) is 1.79. The van der Waals surface area contributed by atoms with Crippen LogP contribution in [0.3, 0.4) is 0 Å². The molecule has 0 unspecified atom stereocenters. The van der Waals surface area contributed by atoms with Crippen molar-refractivity contribution in [2.24, 2.45) is 0 Å². The molecule has 1 saturated carbocycles. The number of hydrogen-bond donors (Lipinski definition) is 2. The number of carbonyl (C=O) groups excluding carboxylic acids is 3. The van der Waals surface area contributed by atoms with Crippen molar-refractivity contribution < 1.29 is 23.9 Å². The van der Waals surface area contributed by atoms with Crippen molar-refractivity contribution in [3.63, 3.8) is 0 Å². The maximum atomic E-state index is 12.7. The van der Waals surface area contributed by atoms with Crippen LogP contribution < -0.4 is 20.1 Å². The van der Waals surface area contributed by atoms with E-state index in [1.807, 2.05) is 0 Å². The lowest BCUT2D eigenvalue weighted by atomic mass is 9.82. The van der Waals surface area contributed by atoms with Crippen LogP contribution in [0.5, 0.6) is 11.5 Å². The molecule has 28 heavy (non-hydrogen) atoms. The van der Waals surface area contributed by atoms with Crippen molar-refractivity contribution in [1.82, 2.24) is 15.5 Å². The fourth-order valence-corrected chi connectivity index (χ4v) is 3.71. The lowest BCUT2D eigenvalue weighted by Crippen LogP contribution is -2.49. The van der Waals surface area contributed by atoms with Gasteiger partial charge in [0, 0.05) is 0 Å². The number of carbonyl (C=O) groups is 3. The maximum absolute atomic E-state index is 12.7. The first-order valence-corrected chi connectivity index (χ1v) is 9.64. The highest BCUT2D eigenvalue weighted by Crippen LogP contribution is 2.33. The molecule has 1 aliphatic carbocycles. The van der Waals surface area contributed by atoms with E-state index in [4.69, 9.17) is 9.47 Å². The van der Waals surface area contributed by atoms with Gasteiger partial charge in [-0.15, -0.1) is 0 Å². The maximum Gasteiger partial charge on any atom is 0.325 e. The van der Waals surface area contributed by atoms with E-state index < -0.39 is 11.6 Å². The Balaban J connectivity index is 1.47. The van der Waals surface area contributed by atoms with Crippen LogP contribution in [0, 0.1) is 0 Å². The molecule has 1 atom stereocenters. The minimum Gasteiger partial charge on any atom is -0.497 e. The van der Waals surface area contributed by atoms with Gasteiger partial charge in [-0.05, 0) is 44.0 Å². The topological polar surface area (TPSA) is 97.0 Å². The van der Waals surface area contributed by atoms with Crippen LogP contribution in [0.2, 0.25) is 0 Å². The Morgan fingerprint density at radius 2 is 1.82 bits per heavy atom. The van der Waals surface area contributed by atoms with Crippen LogP contribution in [0.15, 0.2) is 24.3 Å². The molecule has 0 bridgehead atoms. The molecule has 4 amide bonds. The average molecular weight is 389 g/mol. The molecule has 1 aromatic carbocycles. The molecule has 1 saturated heterocycles. The van der Waals surface area contributed by atoms with E-state index in [0.717, 1.165) is 29.9 Å².